The average molecular weight is 207 g/mol. The number of rotatable bonds is 4. The maximum atomic E-state index is 11.1. The van der Waals surface area contributed by atoms with Crippen molar-refractivity contribution in [2.75, 3.05) is 20.5 Å². The number of carbonyl (C=O) groups excluding carboxylic acids is 1. The highest BCUT2D eigenvalue weighted by Crippen LogP contribution is 2.00. The minimum absolute atomic E-state index is 0.0862. The first-order valence-electron chi connectivity index (χ1n) is 4.11. The fraction of sp³-hybridized carbons (Fsp3) is 0.667. The first-order valence-corrected chi connectivity index (χ1v) is 4.87. The molecule has 0 rings (SSSR count). The summed E-state index contributed by atoms with van der Waals surface area (Å²) < 4.78 is 0. The van der Waals surface area contributed by atoms with Crippen LogP contribution in [0.25, 0.3) is 0 Å². The van der Waals surface area contributed by atoms with E-state index in [9.17, 15) is 4.79 Å². The molecule has 4 heteroatoms. The SMILES string of the molecule is C=C(CCC)C(=O)NN(C)C.CCl. The van der Waals surface area contributed by atoms with Gasteiger partial charge in [0, 0.05) is 26.1 Å². The standard InChI is InChI=1S/C8H16N2O.CH3Cl/c1-5-6-7(2)8(11)9-10(3)4;1-2/h2,5-6H2,1,3-4H3,(H,9,11);1H3. The second-order valence-corrected chi connectivity index (χ2v) is 2.69. The van der Waals surface area contributed by atoms with E-state index in [2.05, 4.69) is 23.6 Å². The molecule has 0 unspecified atom stereocenters. The third-order valence-corrected chi connectivity index (χ3v) is 1.20. The van der Waals surface area contributed by atoms with Gasteiger partial charge >= 0.3 is 0 Å². The maximum Gasteiger partial charge on any atom is 0.260 e. The summed E-state index contributed by atoms with van der Waals surface area (Å²) in [5.41, 5.74) is 3.26. The molecule has 0 fully saturated rings. The molecule has 0 saturated heterocycles. The topological polar surface area (TPSA) is 32.3 Å². The number of hydrogen-bond donors (Lipinski definition) is 1. The normalized spacial score (nSPS) is 8.77. The van der Waals surface area contributed by atoms with Crippen molar-refractivity contribution in [1.29, 1.82) is 0 Å². The largest absolute Gasteiger partial charge is 0.286 e. The summed E-state index contributed by atoms with van der Waals surface area (Å²) in [6.07, 6.45) is 3.19. The molecule has 0 aliphatic rings. The molecule has 0 atom stereocenters. The Morgan fingerprint density at radius 1 is 1.46 bits per heavy atom. The lowest BCUT2D eigenvalue weighted by Gasteiger charge is -2.12. The highest BCUT2D eigenvalue weighted by Gasteiger charge is 2.04. The van der Waals surface area contributed by atoms with E-state index >= 15 is 0 Å². The van der Waals surface area contributed by atoms with Crippen molar-refractivity contribution in [3.05, 3.63) is 12.2 Å². The molecule has 0 saturated carbocycles. The molecule has 3 nitrogen and oxygen atoms in total. The van der Waals surface area contributed by atoms with Crippen molar-refractivity contribution >= 4 is 17.5 Å². The Morgan fingerprint density at radius 3 is 2.23 bits per heavy atom. The van der Waals surface area contributed by atoms with E-state index in [1.165, 1.54) is 6.38 Å². The molecule has 0 aliphatic carbocycles. The van der Waals surface area contributed by atoms with Crippen LogP contribution in [-0.4, -0.2) is 31.4 Å². The zero-order valence-corrected chi connectivity index (χ0v) is 9.61. The van der Waals surface area contributed by atoms with Crippen LogP contribution in [0.3, 0.4) is 0 Å². The highest BCUT2D eigenvalue weighted by atomic mass is 35.5. The van der Waals surface area contributed by atoms with Crippen LogP contribution in [0.5, 0.6) is 0 Å². The number of hydrazine groups is 1. The third kappa shape index (κ3) is 9.37. The molecule has 1 N–H and O–H groups in total. The summed E-state index contributed by atoms with van der Waals surface area (Å²) in [5.74, 6) is -0.0862. The van der Waals surface area contributed by atoms with Crippen molar-refractivity contribution in [2.24, 2.45) is 0 Å². The molecular weight excluding hydrogens is 188 g/mol. The molecule has 78 valence electrons. The monoisotopic (exact) mass is 206 g/mol. The number of carbonyl (C=O) groups is 1. The van der Waals surface area contributed by atoms with Crippen molar-refractivity contribution in [3.63, 3.8) is 0 Å². The Hall–Kier alpha value is -0.540. The summed E-state index contributed by atoms with van der Waals surface area (Å²) in [6, 6.07) is 0. The van der Waals surface area contributed by atoms with Gasteiger partial charge in [0.1, 0.15) is 0 Å². The second-order valence-electron chi connectivity index (χ2n) is 2.69. The van der Waals surface area contributed by atoms with Crippen molar-refractivity contribution in [3.8, 4) is 0 Å². The molecule has 0 radical (unpaired) electrons. The molecule has 0 aromatic heterocycles. The molecule has 0 heterocycles. The predicted octanol–water partition coefficient (Wildman–Crippen LogP) is 1.79. The zero-order chi connectivity index (χ0) is 10.9. The fourth-order valence-electron chi connectivity index (χ4n) is 0.697. The van der Waals surface area contributed by atoms with Gasteiger partial charge in [-0.25, -0.2) is 5.01 Å². The molecule has 0 aliphatic heterocycles. The van der Waals surface area contributed by atoms with Crippen molar-refractivity contribution in [2.45, 2.75) is 19.8 Å². The van der Waals surface area contributed by atoms with Crippen LogP contribution in [0, 0.1) is 0 Å². The molecular formula is C9H19ClN2O. The van der Waals surface area contributed by atoms with Crippen molar-refractivity contribution in [1.82, 2.24) is 10.4 Å². The second kappa shape index (κ2) is 9.55. The van der Waals surface area contributed by atoms with Crippen LogP contribution >= 0.6 is 11.6 Å². The number of nitrogens with zero attached hydrogens (tertiary/aromatic N) is 1. The number of halogens is 1. The third-order valence-electron chi connectivity index (χ3n) is 1.20. The van der Waals surface area contributed by atoms with Gasteiger partial charge in [-0.05, 0) is 6.42 Å². The van der Waals surface area contributed by atoms with E-state index in [-0.39, 0.29) is 5.91 Å². The van der Waals surface area contributed by atoms with Gasteiger partial charge in [-0.15, -0.1) is 11.6 Å². The van der Waals surface area contributed by atoms with Crippen molar-refractivity contribution < 1.29 is 4.79 Å². The van der Waals surface area contributed by atoms with Gasteiger partial charge < -0.3 is 0 Å². The number of amides is 1. The van der Waals surface area contributed by atoms with E-state index < -0.39 is 0 Å². The summed E-state index contributed by atoms with van der Waals surface area (Å²) in [7, 11) is 3.55. The Morgan fingerprint density at radius 2 is 1.92 bits per heavy atom. The number of alkyl halides is 1. The Labute approximate surface area is 85.7 Å². The minimum atomic E-state index is -0.0862. The number of hydrogen-bond acceptors (Lipinski definition) is 2. The lowest BCUT2D eigenvalue weighted by atomic mass is 10.2. The minimum Gasteiger partial charge on any atom is -0.286 e. The van der Waals surface area contributed by atoms with Crippen LogP contribution < -0.4 is 5.43 Å². The smallest absolute Gasteiger partial charge is 0.260 e. The Bertz CT molecular complexity index is 158. The van der Waals surface area contributed by atoms with Gasteiger partial charge in [0.25, 0.3) is 5.91 Å². The van der Waals surface area contributed by atoms with Gasteiger partial charge in [-0.1, -0.05) is 19.9 Å². The quantitative estimate of drug-likeness (QED) is 0.432. The summed E-state index contributed by atoms with van der Waals surface area (Å²) in [6.45, 7) is 5.68. The van der Waals surface area contributed by atoms with Crippen LogP contribution in [0.4, 0.5) is 0 Å². The molecule has 0 aromatic rings. The molecule has 0 aromatic carbocycles. The summed E-state index contributed by atoms with van der Waals surface area (Å²) >= 11 is 4.64. The maximum absolute atomic E-state index is 11.1. The number of nitrogens with one attached hydrogen (secondary N) is 1. The van der Waals surface area contributed by atoms with Gasteiger partial charge in [0.05, 0.1) is 0 Å². The van der Waals surface area contributed by atoms with E-state index in [0.717, 1.165) is 12.8 Å². The Balaban J connectivity index is 0. The first-order chi connectivity index (χ1) is 6.07. The van der Waals surface area contributed by atoms with Gasteiger partial charge in [0.15, 0.2) is 0 Å². The van der Waals surface area contributed by atoms with Gasteiger partial charge in [-0.2, -0.15) is 0 Å². The zero-order valence-electron chi connectivity index (χ0n) is 8.85. The van der Waals surface area contributed by atoms with E-state index in [1.807, 2.05) is 6.92 Å². The Kier molecular flexibility index (Phi) is 11.0. The lowest BCUT2D eigenvalue weighted by Crippen LogP contribution is -2.36. The molecule has 0 spiro atoms. The average Bonchev–Trinajstić information content (AvgIpc) is 2.07. The summed E-state index contributed by atoms with van der Waals surface area (Å²) in [5, 5.41) is 1.61. The van der Waals surface area contributed by atoms with Gasteiger partial charge in [-0.3, -0.25) is 10.2 Å². The molecule has 1 amide bonds. The molecule has 13 heavy (non-hydrogen) atoms. The fourth-order valence-corrected chi connectivity index (χ4v) is 0.697. The van der Waals surface area contributed by atoms with Crippen LogP contribution in [0.2, 0.25) is 0 Å². The van der Waals surface area contributed by atoms with E-state index in [1.54, 1.807) is 19.1 Å². The highest BCUT2D eigenvalue weighted by molar-refractivity contribution is 6.15. The summed E-state index contributed by atoms with van der Waals surface area (Å²) in [4.78, 5) is 11.1. The first kappa shape index (κ1) is 15.0. The van der Waals surface area contributed by atoms with Crippen LogP contribution in [0.15, 0.2) is 12.2 Å². The van der Waals surface area contributed by atoms with E-state index in [4.69, 9.17) is 0 Å². The lowest BCUT2D eigenvalue weighted by molar-refractivity contribution is -0.121. The van der Waals surface area contributed by atoms with Crippen LogP contribution in [-0.2, 0) is 4.79 Å². The van der Waals surface area contributed by atoms with Crippen LogP contribution in [0.1, 0.15) is 19.8 Å². The molecule has 0 bridgehead atoms. The van der Waals surface area contributed by atoms with Gasteiger partial charge in [0.2, 0.25) is 0 Å². The predicted molar refractivity (Wildman–Crippen MR) is 57.7 cm³/mol. The van der Waals surface area contributed by atoms with E-state index in [0.29, 0.717) is 5.57 Å².